The molecule has 0 radical (unpaired) electrons. The monoisotopic (exact) mass is 577 g/mol. The number of hydrogen-bond acceptors (Lipinski definition) is 5. The van der Waals surface area contributed by atoms with Crippen molar-refractivity contribution in [1.82, 2.24) is 15.6 Å². The van der Waals surface area contributed by atoms with Gasteiger partial charge in [-0.25, -0.2) is 8.42 Å². The average Bonchev–Trinajstić information content (AvgIpc) is 3.38. The molecule has 2 heterocycles. The molecule has 1 amide bonds. The number of aromatic amines is 1. The first-order valence-electron chi connectivity index (χ1n) is 15.0. The first kappa shape index (κ1) is 29.4. The van der Waals surface area contributed by atoms with Crippen molar-refractivity contribution in [3.63, 3.8) is 0 Å². The Bertz CT molecular complexity index is 1450. The van der Waals surface area contributed by atoms with Crippen LogP contribution in [0.5, 0.6) is 5.75 Å². The molecular formula is C33H43N3O4S. The van der Waals surface area contributed by atoms with Crippen molar-refractivity contribution in [1.29, 1.82) is 0 Å². The summed E-state index contributed by atoms with van der Waals surface area (Å²) >= 11 is 0. The predicted molar refractivity (Wildman–Crippen MR) is 161 cm³/mol. The fourth-order valence-corrected chi connectivity index (χ4v) is 7.85. The quantitative estimate of drug-likeness (QED) is 0.315. The van der Waals surface area contributed by atoms with Crippen molar-refractivity contribution in [3.05, 3.63) is 76.6 Å². The van der Waals surface area contributed by atoms with Gasteiger partial charge >= 0.3 is 0 Å². The molecule has 1 fully saturated rings. The van der Waals surface area contributed by atoms with Crippen LogP contribution in [0.4, 0.5) is 0 Å². The zero-order valence-electron chi connectivity index (χ0n) is 24.4. The topological polar surface area (TPSA) is 100 Å². The Hall–Kier alpha value is -3.10. The number of aryl methyl sites for hydroxylation is 1. The van der Waals surface area contributed by atoms with E-state index >= 15 is 0 Å². The van der Waals surface area contributed by atoms with Gasteiger partial charge in [0.1, 0.15) is 11.4 Å². The molecule has 3 N–H and O–H groups in total. The molecule has 1 aliphatic carbocycles. The number of sulfone groups is 1. The van der Waals surface area contributed by atoms with Gasteiger partial charge in [-0.3, -0.25) is 4.79 Å². The first-order chi connectivity index (χ1) is 19.8. The molecule has 2 aliphatic rings. The van der Waals surface area contributed by atoms with Crippen molar-refractivity contribution in [2.45, 2.75) is 106 Å². The summed E-state index contributed by atoms with van der Waals surface area (Å²) in [6, 6.07) is 13.6. The summed E-state index contributed by atoms with van der Waals surface area (Å²) in [6.45, 7) is 2.87. The van der Waals surface area contributed by atoms with Gasteiger partial charge in [-0.15, -0.1) is 0 Å². The Balaban J connectivity index is 1.21. The van der Waals surface area contributed by atoms with E-state index in [0.29, 0.717) is 23.6 Å². The van der Waals surface area contributed by atoms with Crippen LogP contribution in [0.25, 0.3) is 0 Å². The molecule has 1 aliphatic heterocycles. The third kappa shape index (κ3) is 6.87. The van der Waals surface area contributed by atoms with Crippen molar-refractivity contribution in [3.8, 4) is 5.75 Å². The van der Waals surface area contributed by atoms with Gasteiger partial charge in [-0.1, -0.05) is 63.5 Å². The molecule has 0 bridgehead atoms. The molecule has 3 aromatic rings. The minimum atomic E-state index is -3.66. The fraction of sp³-hybridized carbons (Fsp3) is 0.485. The van der Waals surface area contributed by atoms with E-state index in [1.165, 1.54) is 75.5 Å². The van der Waals surface area contributed by atoms with Crippen LogP contribution in [0.2, 0.25) is 0 Å². The Kier molecular flexibility index (Phi) is 9.19. The Labute approximate surface area is 244 Å². The molecule has 41 heavy (non-hydrogen) atoms. The summed E-state index contributed by atoms with van der Waals surface area (Å²) in [7, 11) is -2.11. The van der Waals surface area contributed by atoms with Crippen LogP contribution in [0, 0.1) is 6.92 Å². The zero-order valence-corrected chi connectivity index (χ0v) is 25.2. The van der Waals surface area contributed by atoms with E-state index in [9.17, 15) is 13.2 Å². The second-order valence-electron chi connectivity index (χ2n) is 11.8. The summed E-state index contributed by atoms with van der Waals surface area (Å²) < 4.78 is 31.6. The van der Waals surface area contributed by atoms with Crippen LogP contribution in [0.3, 0.4) is 0 Å². The minimum absolute atomic E-state index is 0.127. The minimum Gasteiger partial charge on any atom is -0.497 e. The highest BCUT2D eigenvalue weighted by molar-refractivity contribution is 7.91. The lowest BCUT2D eigenvalue weighted by atomic mass is 9.80. The molecule has 5 rings (SSSR count). The van der Waals surface area contributed by atoms with Gasteiger partial charge in [0.25, 0.3) is 5.91 Å². The Morgan fingerprint density at radius 1 is 0.927 bits per heavy atom. The van der Waals surface area contributed by atoms with Crippen LogP contribution in [-0.2, 0) is 29.3 Å². The highest BCUT2D eigenvalue weighted by Crippen LogP contribution is 2.33. The van der Waals surface area contributed by atoms with Crippen molar-refractivity contribution >= 4 is 15.7 Å². The number of rotatable bonds is 6. The Morgan fingerprint density at radius 3 is 2.22 bits per heavy atom. The zero-order chi connectivity index (χ0) is 28.9. The van der Waals surface area contributed by atoms with Crippen molar-refractivity contribution in [2.75, 3.05) is 7.11 Å². The molecule has 1 saturated carbocycles. The maximum atomic E-state index is 13.2. The van der Waals surface area contributed by atoms with Crippen LogP contribution in [0.15, 0.2) is 58.3 Å². The Morgan fingerprint density at radius 2 is 1.59 bits per heavy atom. The summed E-state index contributed by atoms with van der Waals surface area (Å²) in [4.78, 5) is 17.0. The third-order valence-corrected chi connectivity index (χ3v) is 10.8. The molecule has 2 aromatic carbocycles. The van der Waals surface area contributed by atoms with E-state index in [4.69, 9.17) is 4.74 Å². The smallest absolute Gasteiger partial charge is 0.267 e. The summed E-state index contributed by atoms with van der Waals surface area (Å²) in [5, 5.41) is 6.86. The molecule has 1 spiro atoms. The number of ether oxygens (including phenoxy) is 1. The summed E-state index contributed by atoms with van der Waals surface area (Å²) in [5.74, 6) is 0.466. The second kappa shape index (κ2) is 12.8. The lowest BCUT2D eigenvalue weighted by molar-refractivity contribution is 0.0946. The highest BCUT2D eigenvalue weighted by atomic mass is 32.2. The van der Waals surface area contributed by atoms with E-state index in [1.54, 1.807) is 56.5 Å². The van der Waals surface area contributed by atoms with Gasteiger partial charge in [-0.2, -0.15) is 0 Å². The average molecular weight is 578 g/mol. The number of aromatic nitrogens is 1. The molecular weight excluding hydrogens is 534 g/mol. The van der Waals surface area contributed by atoms with E-state index in [0.717, 1.165) is 18.5 Å². The number of carbonyl (C=O) groups is 1. The van der Waals surface area contributed by atoms with E-state index in [1.807, 2.05) is 6.07 Å². The normalized spacial score (nSPS) is 17.8. The van der Waals surface area contributed by atoms with E-state index in [2.05, 4.69) is 15.6 Å². The van der Waals surface area contributed by atoms with Crippen molar-refractivity contribution in [2.24, 2.45) is 0 Å². The van der Waals surface area contributed by atoms with E-state index in [-0.39, 0.29) is 21.2 Å². The van der Waals surface area contributed by atoms with Gasteiger partial charge in [-0.05, 0) is 72.9 Å². The maximum absolute atomic E-state index is 13.2. The number of benzene rings is 2. The SMILES string of the molecule is COc1ccc(S(=O)(=O)c2ccc(CNC(=O)c3cc4c([nH]3)CC3(CCCCCCCCCC3)NC4)cc2)c(C)c1. The lowest BCUT2D eigenvalue weighted by Gasteiger charge is -2.39. The van der Waals surface area contributed by atoms with Gasteiger partial charge in [0.2, 0.25) is 9.84 Å². The van der Waals surface area contributed by atoms with E-state index < -0.39 is 9.84 Å². The molecule has 0 atom stereocenters. The van der Waals surface area contributed by atoms with Gasteiger partial charge in [0.15, 0.2) is 0 Å². The predicted octanol–water partition coefficient (Wildman–Crippen LogP) is 6.39. The maximum Gasteiger partial charge on any atom is 0.267 e. The fourth-order valence-electron chi connectivity index (χ4n) is 6.37. The van der Waals surface area contributed by atoms with Gasteiger partial charge < -0.3 is 20.4 Å². The number of methoxy groups -OCH3 is 1. The summed E-state index contributed by atoms with van der Waals surface area (Å²) in [5.41, 5.74) is 4.54. The molecule has 220 valence electrons. The van der Waals surface area contributed by atoms with Crippen LogP contribution < -0.4 is 15.4 Å². The highest BCUT2D eigenvalue weighted by Gasteiger charge is 2.34. The third-order valence-electron chi connectivity index (χ3n) is 8.82. The van der Waals surface area contributed by atoms with Crippen LogP contribution >= 0.6 is 0 Å². The molecule has 7 nitrogen and oxygen atoms in total. The number of fused-ring (bicyclic) bond motifs is 1. The van der Waals surface area contributed by atoms with Gasteiger partial charge in [0.05, 0.1) is 16.9 Å². The molecule has 8 heteroatoms. The standard InChI is InChI=1S/C33H43N3O4S/c1-24-19-27(40-2)13-16-31(24)41(38,39)28-14-11-25(12-15-28)22-34-32(37)29-20-26-23-35-33(21-30(26)36-29)17-9-7-5-3-4-6-8-10-18-33/h11-16,19-20,35-36H,3-10,17-18,21-23H2,1-2H3,(H,34,37). The number of nitrogens with one attached hydrogen (secondary N) is 3. The first-order valence-corrected chi connectivity index (χ1v) is 16.5. The number of amides is 1. The summed E-state index contributed by atoms with van der Waals surface area (Å²) in [6.07, 6.45) is 13.9. The molecule has 1 aromatic heterocycles. The number of carbonyl (C=O) groups excluding carboxylic acids is 1. The number of hydrogen-bond donors (Lipinski definition) is 3. The second-order valence-corrected chi connectivity index (χ2v) is 13.7. The van der Waals surface area contributed by atoms with Crippen molar-refractivity contribution < 1.29 is 17.9 Å². The van der Waals surface area contributed by atoms with Gasteiger partial charge in [0, 0.05) is 30.7 Å². The van der Waals surface area contributed by atoms with Crippen LogP contribution in [0.1, 0.15) is 97.1 Å². The largest absolute Gasteiger partial charge is 0.497 e. The molecule has 0 saturated heterocycles. The number of H-pyrrole nitrogens is 1. The van der Waals surface area contributed by atoms with Crippen LogP contribution in [-0.4, -0.2) is 32.0 Å². The lowest BCUT2D eigenvalue weighted by Crippen LogP contribution is -2.49. The molecule has 0 unspecified atom stereocenters.